The SMILES string of the molecule is CCC(C)Cc1nc(C)cc2cc3c(cc12)OCO3.Cl. The lowest BCUT2D eigenvalue weighted by atomic mass is 9.98. The minimum atomic E-state index is 0. The minimum absolute atomic E-state index is 0. The zero-order valence-corrected chi connectivity index (χ0v) is 12.9. The molecule has 0 fully saturated rings. The summed E-state index contributed by atoms with van der Waals surface area (Å²) in [5.74, 6) is 2.32. The summed E-state index contributed by atoms with van der Waals surface area (Å²) in [4.78, 5) is 4.72. The highest BCUT2D eigenvalue weighted by Crippen LogP contribution is 2.37. The number of benzene rings is 1. The van der Waals surface area contributed by atoms with E-state index in [0.717, 1.165) is 23.6 Å². The number of aromatic nitrogens is 1. The first-order valence-electron chi connectivity index (χ1n) is 6.87. The Labute approximate surface area is 125 Å². The largest absolute Gasteiger partial charge is 0.454 e. The summed E-state index contributed by atoms with van der Waals surface area (Å²) in [6.45, 7) is 6.85. The van der Waals surface area contributed by atoms with Gasteiger partial charge in [0.05, 0.1) is 0 Å². The molecule has 1 aliphatic heterocycles. The van der Waals surface area contributed by atoms with Gasteiger partial charge in [-0.25, -0.2) is 0 Å². The standard InChI is InChI=1S/C16H19NO2.ClH/c1-4-10(2)5-14-13-8-16-15(18-9-19-16)7-12(13)6-11(3)17-14;/h6-8,10H,4-5,9H2,1-3H3;1H. The number of pyridine rings is 1. The van der Waals surface area contributed by atoms with Gasteiger partial charge in [-0.2, -0.15) is 0 Å². The van der Waals surface area contributed by atoms with E-state index in [1.165, 1.54) is 22.9 Å². The maximum absolute atomic E-state index is 5.47. The fourth-order valence-electron chi connectivity index (χ4n) is 2.49. The van der Waals surface area contributed by atoms with Crippen LogP contribution in [0.3, 0.4) is 0 Å². The van der Waals surface area contributed by atoms with Crippen LogP contribution in [0.4, 0.5) is 0 Å². The highest BCUT2D eigenvalue weighted by atomic mass is 35.5. The Bertz CT molecular complexity index is 627. The van der Waals surface area contributed by atoms with E-state index in [4.69, 9.17) is 14.5 Å². The van der Waals surface area contributed by atoms with Gasteiger partial charge in [-0.3, -0.25) is 4.98 Å². The van der Waals surface area contributed by atoms with Crippen LogP contribution in [-0.2, 0) is 6.42 Å². The first kappa shape index (κ1) is 14.9. The van der Waals surface area contributed by atoms with Crippen LogP contribution in [0, 0.1) is 12.8 Å². The molecule has 0 saturated heterocycles. The van der Waals surface area contributed by atoms with Crippen LogP contribution in [0.15, 0.2) is 18.2 Å². The van der Waals surface area contributed by atoms with Crippen molar-refractivity contribution < 1.29 is 9.47 Å². The summed E-state index contributed by atoms with van der Waals surface area (Å²) in [6.07, 6.45) is 2.18. The topological polar surface area (TPSA) is 31.4 Å². The quantitative estimate of drug-likeness (QED) is 0.846. The van der Waals surface area contributed by atoms with E-state index >= 15 is 0 Å². The molecule has 1 atom stereocenters. The average molecular weight is 294 g/mol. The van der Waals surface area contributed by atoms with Crippen molar-refractivity contribution in [2.24, 2.45) is 5.92 Å². The number of halogens is 1. The molecule has 3 nitrogen and oxygen atoms in total. The second-order valence-electron chi connectivity index (χ2n) is 5.35. The smallest absolute Gasteiger partial charge is 0.231 e. The van der Waals surface area contributed by atoms with Crippen molar-refractivity contribution in [2.45, 2.75) is 33.6 Å². The molecule has 0 amide bonds. The van der Waals surface area contributed by atoms with Crippen molar-refractivity contribution >= 4 is 23.2 Å². The Kier molecular flexibility index (Phi) is 4.39. The number of ether oxygens (including phenoxy) is 2. The lowest BCUT2D eigenvalue weighted by Gasteiger charge is -2.12. The van der Waals surface area contributed by atoms with Crippen LogP contribution in [-0.4, -0.2) is 11.8 Å². The number of fused-ring (bicyclic) bond motifs is 2. The first-order chi connectivity index (χ1) is 9.17. The lowest BCUT2D eigenvalue weighted by molar-refractivity contribution is 0.174. The van der Waals surface area contributed by atoms with Gasteiger partial charge < -0.3 is 9.47 Å². The maximum atomic E-state index is 5.47. The van der Waals surface area contributed by atoms with E-state index in [0.29, 0.717) is 12.7 Å². The molecular formula is C16H20ClNO2. The summed E-state index contributed by atoms with van der Waals surface area (Å²) in [5.41, 5.74) is 2.23. The van der Waals surface area contributed by atoms with E-state index in [2.05, 4.69) is 32.0 Å². The van der Waals surface area contributed by atoms with Gasteiger partial charge in [-0.15, -0.1) is 12.4 Å². The first-order valence-corrected chi connectivity index (χ1v) is 6.87. The Morgan fingerprint density at radius 2 is 1.90 bits per heavy atom. The summed E-state index contributed by atoms with van der Waals surface area (Å²) >= 11 is 0. The summed E-state index contributed by atoms with van der Waals surface area (Å²) in [5, 5.41) is 2.38. The molecule has 0 N–H and O–H groups in total. The Hall–Kier alpha value is -1.48. The summed E-state index contributed by atoms with van der Waals surface area (Å²) < 4.78 is 10.9. The Balaban J connectivity index is 0.00000147. The number of hydrogen-bond acceptors (Lipinski definition) is 3. The van der Waals surface area contributed by atoms with E-state index in [1.54, 1.807) is 0 Å². The van der Waals surface area contributed by atoms with Crippen LogP contribution in [0.25, 0.3) is 10.8 Å². The molecule has 0 spiro atoms. The third-order valence-corrected chi connectivity index (χ3v) is 3.77. The molecule has 0 aliphatic carbocycles. The number of hydrogen-bond donors (Lipinski definition) is 0. The average Bonchev–Trinajstić information content (AvgIpc) is 2.83. The minimum Gasteiger partial charge on any atom is -0.454 e. The van der Waals surface area contributed by atoms with Crippen LogP contribution in [0.5, 0.6) is 11.5 Å². The van der Waals surface area contributed by atoms with Crippen LogP contribution >= 0.6 is 12.4 Å². The fourth-order valence-corrected chi connectivity index (χ4v) is 2.49. The van der Waals surface area contributed by atoms with E-state index in [1.807, 2.05) is 6.92 Å². The van der Waals surface area contributed by atoms with Gasteiger partial charge in [0.15, 0.2) is 11.5 Å². The van der Waals surface area contributed by atoms with Gasteiger partial charge >= 0.3 is 0 Å². The van der Waals surface area contributed by atoms with Crippen molar-refractivity contribution in [3.05, 3.63) is 29.6 Å². The highest BCUT2D eigenvalue weighted by molar-refractivity contribution is 5.88. The monoisotopic (exact) mass is 293 g/mol. The van der Waals surface area contributed by atoms with E-state index < -0.39 is 0 Å². The van der Waals surface area contributed by atoms with Gasteiger partial charge in [0.25, 0.3) is 0 Å². The van der Waals surface area contributed by atoms with Crippen LogP contribution < -0.4 is 9.47 Å². The molecule has 2 aromatic rings. The van der Waals surface area contributed by atoms with Gasteiger partial charge in [0.2, 0.25) is 6.79 Å². The molecule has 0 radical (unpaired) electrons. The number of nitrogens with zero attached hydrogens (tertiary/aromatic N) is 1. The molecule has 20 heavy (non-hydrogen) atoms. The molecule has 0 bridgehead atoms. The van der Waals surface area contributed by atoms with Gasteiger partial charge in [-0.1, -0.05) is 20.3 Å². The fraction of sp³-hybridized carbons (Fsp3) is 0.438. The summed E-state index contributed by atoms with van der Waals surface area (Å²) in [7, 11) is 0. The highest BCUT2D eigenvalue weighted by Gasteiger charge is 2.17. The van der Waals surface area contributed by atoms with Gasteiger partial charge in [0, 0.05) is 16.8 Å². The Morgan fingerprint density at radius 3 is 2.60 bits per heavy atom. The van der Waals surface area contributed by atoms with Gasteiger partial charge in [-0.05, 0) is 42.8 Å². The van der Waals surface area contributed by atoms with E-state index in [-0.39, 0.29) is 12.4 Å². The zero-order chi connectivity index (χ0) is 13.4. The molecule has 1 aromatic heterocycles. The molecule has 1 aliphatic rings. The van der Waals surface area contributed by atoms with E-state index in [9.17, 15) is 0 Å². The third-order valence-electron chi connectivity index (χ3n) is 3.77. The molecule has 3 rings (SSSR count). The molecule has 2 heterocycles. The Morgan fingerprint density at radius 1 is 1.20 bits per heavy atom. The van der Waals surface area contributed by atoms with Crippen molar-refractivity contribution in [3.8, 4) is 11.5 Å². The normalized spacial score (nSPS) is 14.2. The third kappa shape index (κ3) is 2.68. The molecule has 1 unspecified atom stereocenters. The molecular weight excluding hydrogens is 274 g/mol. The second kappa shape index (κ2) is 5.88. The van der Waals surface area contributed by atoms with Crippen molar-refractivity contribution in [2.75, 3.05) is 6.79 Å². The molecule has 4 heteroatoms. The van der Waals surface area contributed by atoms with Crippen LogP contribution in [0.1, 0.15) is 31.7 Å². The molecule has 108 valence electrons. The van der Waals surface area contributed by atoms with Crippen molar-refractivity contribution in [1.29, 1.82) is 0 Å². The molecule has 1 aromatic carbocycles. The zero-order valence-electron chi connectivity index (χ0n) is 12.1. The van der Waals surface area contributed by atoms with Gasteiger partial charge in [0.1, 0.15) is 0 Å². The number of rotatable bonds is 3. The lowest BCUT2D eigenvalue weighted by Crippen LogP contribution is -2.02. The second-order valence-corrected chi connectivity index (χ2v) is 5.35. The molecule has 0 saturated carbocycles. The maximum Gasteiger partial charge on any atom is 0.231 e. The number of aryl methyl sites for hydroxylation is 1. The van der Waals surface area contributed by atoms with Crippen molar-refractivity contribution in [3.63, 3.8) is 0 Å². The van der Waals surface area contributed by atoms with Crippen LogP contribution in [0.2, 0.25) is 0 Å². The van der Waals surface area contributed by atoms with Crippen molar-refractivity contribution in [1.82, 2.24) is 4.98 Å². The predicted octanol–water partition coefficient (Wildman–Crippen LogP) is 4.28. The summed E-state index contributed by atoms with van der Waals surface area (Å²) in [6, 6.07) is 6.24. The predicted molar refractivity (Wildman–Crippen MR) is 83.0 cm³/mol.